The summed E-state index contributed by atoms with van der Waals surface area (Å²) < 4.78 is 4.61. The molecule has 2 N–H and O–H groups in total. The summed E-state index contributed by atoms with van der Waals surface area (Å²) >= 11 is 1.78. The molecule has 1 aromatic rings. The van der Waals surface area contributed by atoms with Crippen molar-refractivity contribution < 1.29 is 9.32 Å². The van der Waals surface area contributed by atoms with Crippen LogP contribution in [0.4, 0.5) is 5.69 Å². The van der Waals surface area contributed by atoms with Gasteiger partial charge in [0.1, 0.15) is 12.0 Å². The van der Waals surface area contributed by atoms with Crippen LogP contribution in [0.3, 0.4) is 0 Å². The second kappa shape index (κ2) is 4.47. The van der Waals surface area contributed by atoms with E-state index in [1.807, 2.05) is 0 Å². The monoisotopic (exact) mass is 213 g/mol. The maximum absolute atomic E-state index is 11.6. The van der Waals surface area contributed by atoms with Crippen molar-refractivity contribution in [3.05, 3.63) is 12.5 Å². The Morgan fingerprint density at radius 2 is 2.71 bits per heavy atom. The van der Waals surface area contributed by atoms with Gasteiger partial charge in [-0.3, -0.25) is 4.79 Å². The molecule has 0 aromatic carbocycles. The van der Waals surface area contributed by atoms with Crippen LogP contribution >= 0.6 is 11.8 Å². The lowest BCUT2D eigenvalue weighted by Gasteiger charge is -2.21. The molecule has 0 saturated carbocycles. The number of nitrogens with one attached hydrogen (secondary N) is 2. The molecule has 14 heavy (non-hydrogen) atoms. The van der Waals surface area contributed by atoms with Crippen molar-refractivity contribution in [2.75, 3.05) is 23.4 Å². The molecular weight excluding hydrogens is 202 g/mol. The molecule has 76 valence electrons. The fourth-order valence-electron chi connectivity index (χ4n) is 1.23. The Kier molecular flexibility index (Phi) is 3.05. The Bertz CT molecular complexity index is 296. The highest BCUT2D eigenvalue weighted by atomic mass is 32.2. The Labute approximate surface area is 85.6 Å². The number of hydrogen-bond donors (Lipinski definition) is 2. The largest absolute Gasteiger partial charge is 0.363 e. The highest BCUT2D eigenvalue weighted by Gasteiger charge is 2.20. The molecule has 1 saturated heterocycles. The molecule has 1 amide bonds. The summed E-state index contributed by atoms with van der Waals surface area (Å²) in [5, 5.41) is 9.37. The van der Waals surface area contributed by atoms with Crippen LogP contribution in [0.5, 0.6) is 0 Å². The standard InChI is InChI=1S/C8H11N3O2S/c12-8(7-5-14-2-1-9-7)11-6-3-10-13-4-6/h3-4,7,9H,1-2,5H2,(H,11,12). The predicted molar refractivity (Wildman–Crippen MR) is 54.2 cm³/mol. The van der Waals surface area contributed by atoms with E-state index in [0.717, 1.165) is 18.1 Å². The van der Waals surface area contributed by atoms with Gasteiger partial charge in [-0.05, 0) is 0 Å². The minimum Gasteiger partial charge on any atom is -0.363 e. The average molecular weight is 213 g/mol. The normalized spacial score (nSPS) is 21.9. The van der Waals surface area contributed by atoms with Crippen molar-refractivity contribution >= 4 is 23.4 Å². The van der Waals surface area contributed by atoms with Crippen molar-refractivity contribution in [2.24, 2.45) is 0 Å². The van der Waals surface area contributed by atoms with Gasteiger partial charge in [0, 0.05) is 18.1 Å². The molecular formula is C8H11N3O2S. The number of nitrogens with zero attached hydrogens (tertiary/aromatic N) is 1. The first-order chi connectivity index (χ1) is 6.86. The second-order valence-corrected chi connectivity index (χ2v) is 4.13. The molecule has 1 atom stereocenters. The van der Waals surface area contributed by atoms with Crippen LogP contribution in [0.1, 0.15) is 0 Å². The van der Waals surface area contributed by atoms with Crippen LogP contribution in [0.15, 0.2) is 17.0 Å². The molecule has 2 heterocycles. The summed E-state index contributed by atoms with van der Waals surface area (Å²) in [6.45, 7) is 0.881. The zero-order valence-corrected chi connectivity index (χ0v) is 8.34. The van der Waals surface area contributed by atoms with Gasteiger partial charge in [0.15, 0.2) is 0 Å². The molecule has 1 fully saturated rings. The molecule has 0 spiro atoms. The molecule has 0 radical (unpaired) electrons. The second-order valence-electron chi connectivity index (χ2n) is 2.98. The topological polar surface area (TPSA) is 67.2 Å². The quantitative estimate of drug-likeness (QED) is 0.740. The van der Waals surface area contributed by atoms with E-state index in [-0.39, 0.29) is 11.9 Å². The van der Waals surface area contributed by atoms with Crippen molar-refractivity contribution in [1.82, 2.24) is 10.5 Å². The minimum absolute atomic E-state index is 0.0274. The number of anilines is 1. The van der Waals surface area contributed by atoms with E-state index in [1.54, 1.807) is 11.8 Å². The summed E-state index contributed by atoms with van der Waals surface area (Å²) in [4.78, 5) is 11.6. The number of thioether (sulfide) groups is 1. The fourth-order valence-corrected chi connectivity index (χ4v) is 2.16. The van der Waals surface area contributed by atoms with Gasteiger partial charge in [0.2, 0.25) is 5.91 Å². The van der Waals surface area contributed by atoms with E-state index in [1.165, 1.54) is 12.5 Å². The lowest BCUT2D eigenvalue weighted by Crippen LogP contribution is -2.46. The van der Waals surface area contributed by atoms with Crippen molar-refractivity contribution in [2.45, 2.75) is 6.04 Å². The van der Waals surface area contributed by atoms with Crippen LogP contribution in [-0.2, 0) is 4.79 Å². The Hall–Kier alpha value is -1.01. The van der Waals surface area contributed by atoms with Gasteiger partial charge >= 0.3 is 0 Å². The molecule has 1 aromatic heterocycles. The number of carbonyl (C=O) groups excluding carboxylic acids is 1. The first-order valence-electron chi connectivity index (χ1n) is 4.37. The van der Waals surface area contributed by atoms with Crippen LogP contribution in [0.25, 0.3) is 0 Å². The molecule has 2 rings (SSSR count). The Morgan fingerprint density at radius 1 is 1.79 bits per heavy atom. The van der Waals surface area contributed by atoms with Gasteiger partial charge in [0.25, 0.3) is 0 Å². The van der Waals surface area contributed by atoms with Gasteiger partial charge in [-0.15, -0.1) is 0 Å². The number of aromatic nitrogens is 1. The van der Waals surface area contributed by atoms with Crippen molar-refractivity contribution in [3.63, 3.8) is 0 Å². The third kappa shape index (κ3) is 2.27. The third-order valence-electron chi connectivity index (χ3n) is 1.94. The van der Waals surface area contributed by atoms with Gasteiger partial charge in [-0.2, -0.15) is 11.8 Å². The van der Waals surface area contributed by atoms with Crippen LogP contribution in [0, 0.1) is 0 Å². The molecule has 0 bridgehead atoms. The van der Waals surface area contributed by atoms with Crippen LogP contribution in [-0.4, -0.2) is 35.2 Å². The van der Waals surface area contributed by atoms with Gasteiger partial charge in [-0.1, -0.05) is 5.16 Å². The van der Waals surface area contributed by atoms with Gasteiger partial charge < -0.3 is 15.2 Å². The van der Waals surface area contributed by atoms with Crippen LogP contribution < -0.4 is 10.6 Å². The van der Waals surface area contributed by atoms with Crippen molar-refractivity contribution in [1.29, 1.82) is 0 Å². The summed E-state index contributed by atoms with van der Waals surface area (Å²) in [6.07, 6.45) is 2.89. The van der Waals surface area contributed by atoms with Gasteiger partial charge in [-0.25, -0.2) is 0 Å². The first kappa shape index (κ1) is 9.54. The zero-order chi connectivity index (χ0) is 9.80. The highest BCUT2D eigenvalue weighted by Crippen LogP contribution is 2.10. The average Bonchev–Trinajstić information content (AvgIpc) is 2.72. The SMILES string of the molecule is O=C(Nc1cnoc1)C1CSCCN1. The summed E-state index contributed by atoms with van der Waals surface area (Å²) in [5.41, 5.74) is 0.604. The molecule has 5 nitrogen and oxygen atoms in total. The molecule has 0 aliphatic carbocycles. The number of amides is 1. The van der Waals surface area contributed by atoms with Crippen LogP contribution in [0.2, 0.25) is 0 Å². The number of rotatable bonds is 2. The third-order valence-corrected chi connectivity index (χ3v) is 3.00. The Morgan fingerprint density at radius 3 is 3.36 bits per heavy atom. The first-order valence-corrected chi connectivity index (χ1v) is 5.53. The van der Waals surface area contributed by atoms with E-state index in [0.29, 0.717) is 5.69 Å². The molecule has 1 aliphatic rings. The zero-order valence-electron chi connectivity index (χ0n) is 7.53. The van der Waals surface area contributed by atoms with E-state index in [4.69, 9.17) is 0 Å². The Balaban J connectivity index is 1.88. The predicted octanol–water partition coefficient (Wildman–Crippen LogP) is 0.318. The van der Waals surface area contributed by atoms with E-state index in [2.05, 4.69) is 20.3 Å². The van der Waals surface area contributed by atoms with E-state index < -0.39 is 0 Å². The number of carbonyl (C=O) groups is 1. The lowest BCUT2D eigenvalue weighted by molar-refractivity contribution is -0.117. The fraction of sp³-hybridized carbons (Fsp3) is 0.500. The smallest absolute Gasteiger partial charge is 0.242 e. The summed E-state index contributed by atoms with van der Waals surface area (Å²) in [6, 6.07) is -0.108. The summed E-state index contributed by atoms with van der Waals surface area (Å²) in [7, 11) is 0. The maximum atomic E-state index is 11.6. The summed E-state index contributed by atoms with van der Waals surface area (Å²) in [5.74, 6) is 1.86. The molecule has 6 heteroatoms. The lowest BCUT2D eigenvalue weighted by atomic mass is 10.3. The number of hydrogen-bond acceptors (Lipinski definition) is 5. The van der Waals surface area contributed by atoms with Crippen molar-refractivity contribution in [3.8, 4) is 0 Å². The molecule has 1 unspecified atom stereocenters. The molecule has 1 aliphatic heterocycles. The highest BCUT2D eigenvalue weighted by molar-refractivity contribution is 7.99. The van der Waals surface area contributed by atoms with E-state index in [9.17, 15) is 4.79 Å². The maximum Gasteiger partial charge on any atom is 0.242 e. The van der Waals surface area contributed by atoms with Gasteiger partial charge in [0.05, 0.1) is 12.2 Å². The van der Waals surface area contributed by atoms with E-state index >= 15 is 0 Å². The minimum atomic E-state index is -0.108.